The molecule has 0 heterocycles. The molecule has 0 aliphatic rings. The maximum Gasteiger partial charge on any atom is 0.0415 e. The first-order chi connectivity index (χ1) is 3.41. The van der Waals surface area contributed by atoms with Gasteiger partial charge in [-0.2, -0.15) is 0 Å². The fourth-order valence-corrected chi connectivity index (χ4v) is 0.303. The number of halogens is 2. The van der Waals surface area contributed by atoms with Gasteiger partial charge < -0.3 is 5.41 Å². The van der Waals surface area contributed by atoms with E-state index < -0.39 is 0 Å². The van der Waals surface area contributed by atoms with Gasteiger partial charge in [0, 0.05) is 11.4 Å². The predicted octanol–water partition coefficient (Wildman–Crippen LogP) is 2.24. The van der Waals surface area contributed by atoms with E-state index in [2.05, 4.69) is 6.72 Å². The fraction of sp³-hybridized carbons (Fsp3) is 0.250. The van der Waals surface area contributed by atoms with Crippen LogP contribution < -0.4 is 0 Å². The van der Waals surface area contributed by atoms with Gasteiger partial charge in [0.15, 0.2) is 0 Å². The molecule has 0 aromatic rings. The molecule has 0 spiro atoms. The minimum atomic E-state index is 0.503. The Kier molecular flexibility index (Phi) is 24.0. The van der Waals surface area contributed by atoms with Crippen LogP contribution in [0.4, 0.5) is 0 Å². The van der Waals surface area contributed by atoms with Crippen molar-refractivity contribution in [2.24, 2.45) is 0 Å². The van der Waals surface area contributed by atoms with Crippen LogP contribution in [0.1, 0.15) is 0 Å². The third-order valence-electron chi connectivity index (χ3n) is 0.178. The summed E-state index contributed by atoms with van der Waals surface area (Å²) in [6.07, 6.45) is 1.66. The SMILES string of the molecule is C=N.Cl/C=C/CCl. The highest BCUT2D eigenvalue weighted by Crippen LogP contribution is 1.79. The minimum Gasteiger partial charge on any atom is -0.317 e. The first-order valence-corrected chi connectivity index (χ1v) is 2.55. The molecule has 0 saturated heterocycles. The molecule has 0 aliphatic carbocycles. The Labute approximate surface area is 53.4 Å². The van der Waals surface area contributed by atoms with Gasteiger partial charge in [0.25, 0.3) is 0 Å². The molecule has 0 unspecified atom stereocenters. The van der Waals surface area contributed by atoms with E-state index in [4.69, 9.17) is 28.6 Å². The van der Waals surface area contributed by atoms with E-state index in [-0.39, 0.29) is 0 Å². The van der Waals surface area contributed by atoms with Crippen molar-refractivity contribution in [2.45, 2.75) is 0 Å². The van der Waals surface area contributed by atoms with Crippen LogP contribution in [0.3, 0.4) is 0 Å². The van der Waals surface area contributed by atoms with E-state index in [1.54, 1.807) is 6.08 Å². The first-order valence-electron chi connectivity index (χ1n) is 1.58. The summed E-state index contributed by atoms with van der Waals surface area (Å²) in [5.74, 6) is 0.503. The quantitative estimate of drug-likeness (QED) is 0.426. The van der Waals surface area contributed by atoms with E-state index in [0.717, 1.165) is 0 Å². The highest BCUT2D eigenvalue weighted by Gasteiger charge is 1.56. The number of hydrogen-bond acceptors (Lipinski definition) is 1. The zero-order valence-electron chi connectivity index (χ0n) is 3.82. The fourth-order valence-electron chi connectivity index (χ4n) is 0.0337. The van der Waals surface area contributed by atoms with Crippen molar-refractivity contribution in [1.29, 1.82) is 5.41 Å². The van der Waals surface area contributed by atoms with Gasteiger partial charge in [0.05, 0.1) is 0 Å². The highest BCUT2D eigenvalue weighted by molar-refractivity contribution is 6.26. The molecule has 0 aromatic heterocycles. The molecule has 0 amide bonds. The van der Waals surface area contributed by atoms with Gasteiger partial charge in [-0.25, -0.2) is 0 Å². The second-order valence-corrected chi connectivity index (χ2v) is 1.08. The molecule has 0 aliphatic heterocycles. The second-order valence-electron chi connectivity index (χ2n) is 0.516. The van der Waals surface area contributed by atoms with Crippen LogP contribution in [0.5, 0.6) is 0 Å². The molecule has 3 heteroatoms. The van der Waals surface area contributed by atoms with Crippen LogP contribution >= 0.6 is 23.2 Å². The van der Waals surface area contributed by atoms with Crippen molar-refractivity contribution in [3.63, 3.8) is 0 Å². The van der Waals surface area contributed by atoms with Crippen molar-refractivity contribution in [3.05, 3.63) is 11.6 Å². The Morgan fingerprint density at radius 1 is 1.57 bits per heavy atom. The van der Waals surface area contributed by atoms with Crippen molar-refractivity contribution in [1.82, 2.24) is 0 Å². The van der Waals surface area contributed by atoms with Gasteiger partial charge in [-0.15, -0.1) is 11.6 Å². The lowest BCUT2D eigenvalue weighted by Gasteiger charge is -1.61. The summed E-state index contributed by atoms with van der Waals surface area (Å²) in [7, 11) is 0. The van der Waals surface area contributed by atoms with Crippen molar-refractivity contribution < 1.29 is 0 Å². The van der Waals surface area contributed by atoms with Gasteiger partial charge in [-0.3, -0.25) is 0 Å². The number of alkyl halides is 1. The largest absolute Gasteiger partial charge is 0.317 e. The van der Waals surface area contributed by atoms with Crippen molar-refractivity contribution >= 4 is 29.9 Å². The average Bonchev–Trinajstić information content (AvgIpc) is 1.75. The van der Waals surface area contributed by atoms with Gasteiger partial charge in [0.2, 0.25) is 0 Å². The van der Waals surface area contributed by atoms with Crippen LogP contribution in [0.15, 0.2) is 11.6 Å². The molecule has 0 atom stereocenters. The molecular formula is C4H7Cl2N. The maximum atomic E-state index is 5.50. The van der Waals surface area contributed by atoms with E-state index in [1.165, 1.54) is 5.54 Å². The lowest BCUT2D eigenvalue weighted by atomic mass is 10.8. The molecule has 42 valence electrons. The Hall–Kier alpha value is -0.0100. The molecule has 0 radical (unpaired) electrons. The second kappa shape index (κ2) is 16.7. The summed E-state index contributed by atoms with van der Waals surface area (Å²) in [6, 6.07) is 0. The van der Waals surface area contributed by atoms with Crippen LogP contribution in [0.2, 0.25) is 0 Å². The lowest BCUT2D eigenvalue weighted by molar-refractivity contribution is 1.61. The zero-order valence-corrected chi connectivity index (χ0v) is 5.34. The number of hydrogen-bond donors (Lipinski definition) is 1. The molecule has 0 fully saturated rings. The average molecular weight is 140 g/mol. The maximum absolute atomic E-state index is 5.50. The van der Waals surface area contributed by atoms with Gasteiger partial charge in [-0.05, 0) is 6.72 Å². The van der Waals surface area contributed by atoms with Gasteiger partial charge >= 0.3 is 0 Å². The molecule has 0 rings (SSSR count). The summed E-state index contributed by atoms with van der Waals surface area (Å²) in [5.41, 5.74) is 1.40. The van der Waals surface area contributed by atoms with Gasteiger partial charge in [-0.1, -0.05) is 17.7 Å². The van der Waals surface area contributed by atoms with E-state index in [9.17, 15) is 0 Å². The standard InChI is InChI=1S/C3H4Cl2.CH3N/c4-2-1-3-5;1-2/h1-2H,3H2;2H,1H2/b2-1+;. The molecular weight excluding hydrogens is 133 g/mol. The number of nitrogens with one attached hydrogen (secondary N) is 1. The van der Waals surface area contributed by atoms with E-state index in [0.29, 0.717) is 5.88 Å². The predicted molar refractivity (Wildman–Crippen MR) is 35.6 cm³/mol. The van der Waals surface area contributed by atoms with E-state index in [1.807, 2.05) is 0 Å². The Bertz CT molecular complexity index is 45.0. The topological polar surface area (TPSA) is 23.9 Å². The Morgan fingerprint density at radius 2 is 2.00 bits per heavy atom. The summed E-state index contributed by atoms with van der Waals surface area (Å²) in [5, 5.41) is 5.50. The number of allylic oxidation sites excluding steroid dienone is 1. The van der Waals surface area contributed by atoms with Crippen LogP contribution in [-0.4, -0.2) is 12.6 Å². The molecule has 1 nitrogen and oxygen atoms in total. The first kappa shape index (κ1) is 10.1. The van der Waals surface area contributed by atoms with Crippen LogP contribution in [-0.2, 0) is 0 Å². The zero-order chi connectivity index (χ0) is 6.12. The number of rotatable bonds is 1. The summed E-state index contributed by atoms with van der Waals surface area (Å²) in [6.45, 7) is 2.50. The molecule has 1 N–H and O–H groups in total. The van der Waals surface area contributed by atoms with Crippen molar-refractivity contribution in [2.75, 3.05) is 5.88 Å². The van der Waals surface area contributed by atoms with Gasteiger partial charge in [0.1, 0.15) is 0 Å². The lowest BCUT2D eigenvalue weighted by Crippen LogP contribution is -1.48. The van der Waals surface area contributed by atoms with Crippen LogP contribution in [0.25, 0.3) is 0 Å². The Balaban J connectivity index is 0. The monoisotopic (exact) mass is 139 g/mol. The Morgan fingerprint density at radius 3 is 2.00 bits per heavy atom. The molecule has 0 saturated carbocycles. The smallest absolute Gasteiger partial charge is 0.0415 e. The summed E-state index contributed by atoms with van der Waals surface area (Å²) in [4.78, 5) is 0. The third kappa shape index (κ3) is 24.1. The van der Waals surface area contributed by atoms with Crippen molar-refractivity contribution in [3.8, 4) is 0 Å². The summed E-state index contributed by atoms with van der Waals surface area (Å²) >= 11 is 10.2. The normalized spacial score (nSPS) is 7.71. The molecule has 7 heavy (non-hydrogen) atoms. The summed E-state index contributed by atoms with van der Waals surface area (Å²) < 4.78 is 0. The minimum absolute atomic E-state index is 0.503. The highest BCUT2D eigenvalue weighted by atomic mass is 35.5. The molecule has 0 aromatic carbocycles. The third-order valence-corrected chi connectivity index (χ3v) is 0.535. The van der Waals surface area contributed by atoms with Crippen LogP contribution in [0, 0.1) is 5.41 Å². The van der Waals surface area contributed by atoms with E-state index >= 15 is 0 Å². The molecule has 0 bridgehead atoms.